The van der Waals surface area contributed by atoms with Gasteiger partial charge in [-0.15, -0.1) is 0 Å². The summed E-state index contributed by atoms with van der Waals surface area (Å²) in [5.41, 5.74) is 7.41. The van der Waals surface area contributed by atoms with Gasteiger partial charge in [0.05, 0.1) is 19.9 Å². The van der Waals surface area contributed by atoms with E-state index in [-0.39, 0.29) is 5.49 Å². The molecule has 2 aromatic carbocycles. The molecule has 0 aliphatic carbocycles. The van der Waals surface area contributed by atoms with Crippen molar-refractivity contribution in [2.75, 3.05) is 14.2 Å². The number of ether oxygens (including phenoxy) is 2. The molecule has 1 aliphatic heterocycles. The number of hydrogen-bond donors (Lipinski definition) is 2. The third-order valence-electron chi connectivity index (χ3n) is 6.11. The highest BCUT2D eigenvalue weighted by Crippen LogP contribution is 2.41. The Hall–Kier alpha value is -3.98. The first-order chi connectivity index (χ1) is 15.1. The van der Waals surface area contributed by atoms with Crippen molar-refractivity contribution in [3.63, 3.8) is 0 Å². The van der Waals surface area contributed by atoms with Crippen LogP contribution in [0.4, 0.5) is 0 Å². The van der Waals surface area contributed by atoms with E-state index in [1.54, 1.807) is 14.2 Å². The summed E-state index contributed by atoms with van der Waals surface area (Å²) >= 11 is 0. The van der Waals surface area contributed by atoms with E-state index in [2.05, 4.69) is 11.1 Å². The molecule has 5 rings (SSSR count). The normalized spacial score (nSPS) is 12.2. The summed E-state index contributed by atoms with van der Waals surface area (Å²) in [5, 5.41) is 19.9. The van der Waals surface area contributed by atoms with Gasteiger partial charge < -0.3 is 19.0 Å². The quantitative estimate of drug-likeness (QED) is 0.520. The van der Waals surface area contributed by atoms with Gasteiger partial charge in [0, 0.05) is 39.8 Å². The number of benzene rings is 2. The van der Waals surface area contributed by atoms with Crippen LogP contribution < -0.4 is 15.0 Å². The number of aryl methyl sites for hydroxylation is 2. The van der Waals surface area contributed by atoms with E-state index < -0.39 is 0 Å². The zero-order chi connectivity index (χ0) is 21.7. The van der Waals surface area contributed by atoms with Gasteiger partial charge >= 0.3 is 0 Å². The number of nitrogens with one attached hydrogen (secondary N) is 2. The lowest BCUT2D eigenvalue weighted by Crippen LogP contribution is -2.29. The van der Waals surface area contributed by atoms with E-state index >= 15 is 0 Å². The lowest BCUT2D eigenvalue weighted by atomic mass is 9.91. The second kappa shape index (κ2) is 7.06. The maximum Gasteiger partial charge on any atom is 0.161 e. The molecule has 0 bridgehead atoms. The molecule has 3 heterocycles. The zero-order valence-electron chi connectivity index (χ0n) is 17.7. The van der Waals surface area contributed by atoms with E-state index in [0.717, 1.165) is 51.0 Å². The Balaban J connectivity index is 1.85. The molecule has 0 saturated heterocycles. The molecule has 0 amide bonds. The van der Waals surface area contributed by atoms with Gasteiger partial charge in [-0.1, -0.05) is 18.2 Å². The highest BCUT2D eigenvalue weighted by atomic mass is 16.5. The Morgan fingerprint density at radius 2 is 1.81 bits per heavy atom. The smallest absolute Gasteiger partial charge is 0.161 e. The number of nitriles is 1. The minimum atomic E-state index is 0.236. The van der Waals surface area contributed by atoms with Gasteiger partial charge in [0.1, 0.15) is 17.1 Å². The summed E-state index contributed by atoms with van der Waals surface area (Å²) in [4.78, 5) is 3.41. The van der Waals surface area contributed by atoms with Crippen molar-refractivity contribution in [2.24, 2.45) is 0 Å². The molecule has 2 N–H and O–H groups in total. The molecular formula is C25H22N4O2. The van der Waals surface area contributed by atoms with Crippen LogP contribution in [0.5, 0.6) is 11.5 Å². The number of aromatic nitrogens is 2. The lowest BCUT2D eigenvalue weighted by Gasteiger charge is -2.25. The SMILES string of the molecule is COc1cc2c(cc1OC)-c1cc(-c3c(C)[nH]c4ccccc34)c(C#N)c(=N)n1CC2. The molecule has 6 nitrogen and oxygen atoms in total. The summed E-state index contributed by atoms with van der Waals surface area (Å²) in [5.74, 6) is 1.34. The van der Waals surface area contributed by atoms with Crippen molar-refractivity contribution in [1.29, 1.82) is 10.7 Å². The van der Waals surface area contributed by atoms with Gasteiger partial charge in [-0.25, -0.2) is 0 Å². The van der Waals surface area contributed by atoms with Crippen LogP contribution in [0.3, 0.4) is 0 Å². The van der Waals surface area contributed by atoms with Crippen LogP contribution in [-0.4, -0.2) is 23.8 Å². The average molecular weight is 410 g/mol. The fourth-order valence-electron chi connectivity index (χ4n) is 4.66. The molecule has 4 aromatic rings. The molecule has 0 unspecified atom stereocenters. The standard InChI is InChI=1S/C25H22N4O2/c1-14-24(16-6-4-5-7-20(16)28-14)18-11-21-17-12-23(31-3)22(30-2)10-15(17)8-9-29(21)25(27)19(18)13-26/h4-7,10-12,27-28H,8-9H2,1-3H3. The van der Waals surface area contributed by atoms with Crippen molar-refractivity contribution >= 4 is 10.9 Å². The highest BCUT2D eigenvalue weighted by molar-refractivity contribution is 5.99. The second-order valence-electron chi connectivity index (χ2n) is 7.72. The monoisotopic (exact) mass is 410 g/mol. The molecule has 6 heteroatoms. The predicted molar refractivity (Wildman–Crippen MR) is 119 cm³/mol. The van der Waals surface area contributed by atoms with Crippen molar-refractivity contribution in [1.82, 2.24) is 9.55 Å². The Bertz CT molecular complexity index is 1450. The van der Waals surface area contributed by atoms with Gasteiger partial charge in [-0.3, -0.25) is 5.41 Å². The lowest BCUT2D eigenvalue weighted by molar-refractivity contribution is 0.354. The third-order valence-corrected chi connectivity index (χ3v) is 6.11. The second-order valence-corrected chi connectivity index (χ2v) is 7.72. The zero-order valence-corrected chi connectivity index (χ0v) is 17.7. The average Bonchev–Trinajstić information content (AvgIpc) is 3.13. The molecule has 0 radical (unpaired) electrons. The van der Waals surface area contributed by atoms with Crippen LogP contribution in [0.1, 0.15) is 16.8 Å². The van der Waals surface area contributed by atoms with Crippen molar-refractivity contribution in [3.8, 4) is 40.0 Å². The van der Waals surface area contributed by atoms with E-state index in [4.69, 9.17) is 14.9 Å². The first-order valence-electron chi connectivity index (χ1n) is 10.1. The van der Waals surface area contributed by atoms with Gasteiger partial charge in [0.25, 0.3) is 0 Å². The summed E-state index contributed by atoms with van der Waals surface area (Å²) in [6.07, 6.45) is 0.759. The Morgan fingerprint density at radius 3 is 2.55 bits per heavy atom. The number of nitrogens with zero attached hydrogens (tertiary/aromatic N) is 2. The van der Waals surface area contributed by atoms with Crippen LogP contribution in [0.25, 0.3) is 33.3 Å². The minimum Gasteiger partial charge on any atom is -0.493 e. The van der Waals surface area contributed by atoms with Gasteiger partial charge in [-0.2, -0.15) is 5.26 Å². The van der Waals surface area contributed by atoms with Crippen molar-refractivity contribution in [2.45, 2.75) is 19.9 Å². The summed E-state index contributed by atoms with van der Waals surface area (Å²) in [6.45, 7) is 2.65. The number of hydrogen-bond acceptors (Lipinski definition) is 4. The third kappa shape index (κ3) is 2.74. The van der Waals surface area contributed by atoms with E-state index in [1.807, 2.05) is 54.0 Å². The predicted octanol–water partition coefficient (Wildman–Crippen LogP) is 4.54. The first-order valence-corrected chi connectivity index (χ1v) is 10.1. The highest BCUT2D eigenvalue weighted by Gasteiger charge is 2.24. The molecule has 0 atom stereocenters. The minimum absolute atomic E-state index is 0.236. The van der Waals surface area contributed by atoms with Crippen LogP contribution in [0, 0.1) is 23.7 Å². The Labute approximate surface area is 179 Å². The molecule has 0 spiro atoms. The Kier molecular flexibility index (Phi) is 4.33. The van der Waals surface area contributed by atoms with E-state index in [9.17, 15) is 5.26 Å². The van der Waals surface area contributed by atoms with Crippen molar-refractivity contribution in [3.05, 3.63) is 64.8 Å². The number of H-pyrrole nitrogens is 1. The maximum absolute atomic E-state index is 9.98. The largest absolute Gasteiger partial charge is 0.493 e. The Morgan fingerprint density at radius 1 is 1.06 bits per heavy atom. The topological polar surface area (TPSA) is 86.8 Å². The number of fused-ring (bicyclic) bond motifs is 4. The fourth-order valence-corrected chi connectivity index (χ4v) is 4.66. The number of aromatic amines is 1. The van der Waals surface area contributed by atoms with E-state index in [0.29, 0.717) is 23.6 Å². The van der Waals surface area contributed by atoms with Crippen LogP contribution >= 0.6 is 0 Å². The maximum atomic E-state index is 9.98. The van der Waals surface area contributed by atoms with Crippen LogP contribution in [0.2, 0.25) is 0 Å². The van der Waals surface area contributed by atoms with Gasteiger partial charge in [-0.05, 0) is 43.2 Å². The fraction of sp³-hybridized carbons (Fsp3) is 0.200. The molecule has 154 valence electrons. The molecule has 1 aliphatic rings. The number of methoxy groups -OCH3 is 2. The van der Waals surface area contributed by atoms with Crippen molar-refractivity contribution < 1.29 is 9.47 Å². The van der Waals surface area contributed by atoms with Gasteiger partial charge in [0.15, 0.2) is 11.5 Å². The summed E-state index contributed by atoms with van der Waals surface area (Å²) in [6, 6.07) is 16.4. The van der Waals surface area contributed by atoms with E-state index in [1.165, 1.54) is 0 Å². The first kappa shape index (κ1) is 19.0. The van der Waals surface area contributed by atoms with Gasteiger partial charge in [0.2, 0.25) is 0 Å². The molecule has 0 fully saturated rings. The number of para-hydroxylation sites is 1. The van der Waals surface area contributed by atoms with Crippen LogP contribution in [0.15, 0.2) is 42.5 Å². The van der Waals surface area contributed by atoms with Crippen LogP contribution in [-0.2, 0) is 13.0 Å². The molecular weight excluding hydrogens is 388 g/mol. The molecule has 0 saturated carbocycles. The summed E-state index contributed by atoms with van der Waals surface area (Å²) in [7, 11) is 3.26. The molecule has 2 aromatic heterocycles. The number of pyridine rings is 1. The number of rotatable bonds is 3. The molecule has 31 heavy (non-hydrogen) atoms. The summed E-state index contributed by atoms with van der Waals surface area (Å²) < 4.78 is 12.9.